The van der Waals surface area contributed by atoms with E-state index in [0.29, 0.717) is 11.1 Å². The van der Waals surface area contributed by atoms with Gasteiger partial charge in [0, 0.05) is 11.1 Å². The molecule has 4 aromatic rings. The van der Waals surface area contributed by atoms with Gasteiger partial charge in [-0.2, -0.15) is 17.5 Å². The Morgan fingerprint density at radius 1 is 0.556 bits per heavy atom. The molecule has 0 amide bonds. The molecule has 4 N–H and O–H groups in total. The summed E-state index contributed by atoms with van der Waals surface area (Å²) in [7, 11) is 0. The molecule has 0 radical (unpaired) electrons. The van der Waals surface area contributed by atoms with Gasteiger partial charge in [0.25, 0.3) is 0 Å². The van der Waals surface area contributed by atoms with E-state index >= 15 is 0 Å². The summed E-state index contributed by atoms with van der Waals surface area (Å²) in [5, 5.41) is 38.0. The molecular weight excluding hydrogens is 512 g/mol. The highest BCUT2D eigenvalue weighted by atomic mass is 32.1. The van der Waals surface area contributed by atoms with Gasteiger partial charge in [0.2, 0.25) is 0 Å². The van der Waals surface area contributed by atoms with Crippen molar-refractivity contribution in [2.24, 2.45) is 8.73 Å². The molecule has 178 valence electrons. The number of fused-ring (bicyclic) bond motifs is 2. The fraction of sp³-hybridized carbons (Fsp3) is 0. The first-order valence-electron chi connectivity index (χ1n) is 9.80. The molecule has 0 unspecified atom stereocenters. The smallest absolute Gasteiger partial charge is 0.335 e. The summed E-state index contributed by atoms with van der Waals surface area (Å²) < 4.78 is 17.3. The SMILES string of the molecule is O=C(O)c1cc(C(=O)O)cc(-c2c3c(c(-c4cc(C(=O)O)cc(C(=O)O)c4)c4nsnc24)N=S=N3)c1. The monoisotopic (exact) mass is 522 g/mol. The molecule has 0 spiro atoms. The number of carbonyl (C=O) groups is 4. The van der Waals surface area contributed by atoms with Crippen molar-refractivity contribution in [3.63, 3.8) is 0 Å². The summed E-state index contributed by atoms with van der Waals surface area (Å²) in [5.41, 5.74) is 0.929. The number of rotatable bonds is 6. The summed E-state index contributed by atoms with van der Waals surface area (Å²) in [6, 6.07) is 7.20. The van der Waals surface area contributed by atoms with Crippen molar-refractivity contribution in [3.05, 3.63) is 58.7 Å². The van der Waals surface area contributed by atoms with Crippen LogP contribution in [0.4, 0.5) is 11.4 Å². The molecule has 0 aliphatic carbocycles. The van der Waals surface area contributed by atoms with Gasteiger partial charge in [0.1, 0.15) is 22.4 Å². The van der Waals surface area contributed by atoms with E-state index in [2.05, 4.69) is 17.5 Å². The maximum Gasteiger partial charge on any atom is 0.335 e. The van der Waals surface area contributed by atoms with Gasteiger partial charge in [0.05, 0.1) is 45.3 Å². The van der Waals surface area contributed by atoms with Gasteiger partial charge in [0.15, 0.2) is 0 Å². The molecule has 1 aliphatic heterocycles. The average Bonchev–Trinajstić information content (AvgIpc) is 3.51. The Morgan fingerprint density at radius 3 is 1.19 bits per heavy atom. The summed E-state index contributed by atoms with van der Waals surface area (Å²) in [4.78, 5) is 46.6. The van der Waals surface area contributed by atoms with Crippen LogP contribution in [-0.2, 0) is 11.4 Å². The molecule has 0 fully saturated rings. The molecule has 1 aliphatic rings. The van der Waals surface area contributed by atoms with E-state index in [1.54, 1.807) is 0 Å². The normalized spacial score (nSPS) is 11.8. The van der Waals surface area contributed by atoms with E-state index < -0.39 is 23.9 Å². The minimum Gasteiger partial charge on any atom is -0.478 e. The fourth-order valence-corrected chi connectivity index (χ4v) is 4.96. The van der Waals surface area contributed by atoms with Crippen LogP contribution in [0.2, 0.25) is 0 Å². The van der Waals surface area contributed by atoms with Crippen molar-refractivity contribution < 1.29 is 39.6 Å². The Balaban J connectivity index is 1.87. The minimum absolute atomic E-state index is 0.208. The van der Waals surface area contributed by atoms with Crippen LogP contribution >= 0.6 is 11.7 Å². The number of aromatic carboxylic acids is 4. The second-order valence-electron chi connectivity index (χ2n) is 7.49. The molecule has 0 bridgehead atoms. The van der Waals surface area contributed by atoms with Crippen molar-refractivity contribution in [1.82, 2.24) is 8.75 Å². The van der Waals surface area contributed by atoms with Gasteiger partial charge in [-0.15, -0.1) is 0 Å². The van der Waals surface area contributed by atoms with E-state index in [-0.39, 0.29) is 55.8 Å². The van der Waals surface area contributed by atoms with E-state index in [0.717, 1.165) is 35.2 Å². The topological polar surface area (TPSA) is 200 Å². The molecular formula is C22H10N4O8S2. The molecule has 1 aromatic heterocycles. The lowest BCUT2D eigenvalue weighted by molar-refractivity contribution is 0.0676. The van der Waals surface area contributed by atoms with E-state index in [4.69, 9.17) is 0 Å². The van der Waals surface area contributed by atoms with Crippen LogP contribution < -0.4 is 0 Å². The minimum atomic E-state index is -1.33. The Kier molecular flexibility index (Phi) is 5.38. The van der Waals surface area contributed by atoms with Crippen LogP contribution in [0.3, 0.4) is 0 Å². The van der Waals surface area contributed by atoms with Crippen LogP contribution in [0.1, 0.15) is 41.4 Å². The third-order valence-electron chi connectivity index (χ3n) is 5.36. The average molecular weight is 522 g/mol. The number of hydrogen-bond donors (Lipinski definition) is 4. The first kappa shape index (κ1) is 22.9. The van der Waals surface area contributed by atoms with Crippen LogP contribution in [0.5, 0.6) is 0 Å². The van der Waals surface area contributed by atoms with Gasteiger partial charge in [-0.1, -0.05) is 0 Å². The lowest BCUT2D eigenvalue weighted by Crippen LogP contribution is -2.04. The van der Waals surface area contributed by atoms with Crippen molar-refractivity contribution in [3.8, 4) is 22.3 Å². The van der Waals surface area contributed by atoms with Crippen molar-refractivity contribution in [2.75, 3.05) is 0 Å². The van der Waals surface area contributed by atoms with Gasteiger partial charge in [-0.3, -0.25) is 0 Å². The molecule has 2 heterocycles. The quantitative estimate of drug-likeness (QED) is 0.245. The summed E-state index contributed by atoms with van der Waals surface area (Å²) in [6.07, 6.45) is 0. The van der Waals surface area contributed by atoms with Crippen LogP contribution in [0.15, 0.2) is 45.1 Å². The zero-order valence-corrected chi connectivity index (χ0v) is 19.1. The third kappa shape index (κ3) is 3.70. The van der Waals surface area contributed by atoms with Gasteiger partial charge < -0.3 is 20.4 Å². The maximum absolute atomic E-state index is 11.7. The van der Waals surface area contributed by atoms with Crippen LogP contribution in [0, 0.1) is 0 Å². The zero-order chi connectivity index (χ0) is 25.7. The second kappa shape index (κ2) is 8.44. The van der Waals surface area contributed by atoms with Crippen LogP contribution in [0.25, 0.3) is 33.3 Å². The highest BCUT2D eigenvalue weighted by Crippen LogP contribution is 2.52. The van der Waals surface area contributed by atoms with Crippen molar-refractivity contribution >= 4 is 69.4 Å². The largest absolute Gasteiger partial charge is 0.478 e. The molecule has 14 heteroatoms. The first-order valence-corrected chi connectivity index (χ1v) is 11.3. The Morgan fingerprint density at radius 2 is 0.889 bits per heavy atom. The Labute approximate surface area is 207 Å². The predicted molar refractivity (Wildman–Crippen MR) is 128 cm³/mol. The second-order valence-corrected chi connectivity index (χ2v) is 8.55. The molecule has 0 saturated carbocycles. The molecule has 0 saturated heterocycles. The number of carboxylic acid groups (broad SMARTS) is 4. The Bertz CT molecular complexity index is 1570. The first-order chi connectivity index (χ1) is 17.2. The standard InChI is InChI=1S/C22H10N4O8S2/c27-19(28)9-1-7(2-10(5-9)20(29)30)13-15-17(25-35-23-15)14(18-16(13)24-36-26-18)8-3-11(21(31)32)6-12(4-8)22(33)34/h1-6H,(H,27,28)(H,29,30)(H,31,32)(H,33,34). The molecule has 3 aromatic carbocycles. The zero-order valence-electron chi connectivity index (χ0n) is 17.5. The van der Waals surface area contributed by atoms with Crippen LogP contribution in [-0.4, -0.2) is 53.1 Å². The van der Waals surface area contributed by atoms with Crippen molar-refractivity contribution in [1.29, 1.82) is 0 Å². The number of carboxylic acids is 4. The van der Waals surface area contributed by atoms with Gasteiger partial charge in [-0.25, -0.2) is 19.2 Å². The fourth-order valence-electron chi connectivity index (χ4n) is 3.84. The molecule has 36 heavy (non-hydrogen) atoms. The maximum atomic E-state index is 11.7. The molecule has 5 rings (SSSR count). The summed E-state index contributed by atoms with van der Waals surface area (Å²) >= 11 is 1.62. The number of benzene rings is 3. The van der Waals surface area contributed by atoms with Gasteiger partial charge >= 0.3 is 23.9 Å². The Hall–Kier alpha value is -4.82. The lowest BCUT2D eigenvalue weighted by Gasteiger charge is -2.14. The van der Waals surface area contributed by atoms with E-state index in [9.17, 15) is 39.6 Å². The number of nitrogens with zero attached hydrogens (tertiary/aromatic N) is 4. The highest BCUT2D eigenvalue weighted by molar-refractivity contribution is 7.58. The molecule has 12 nitrogen and oxygen atoms in total. The summed E-state index contributed by atoms with van der Waals surface area (Å²) in [5.74, 6) is -5.32. The summed E-state index contributed by atoms with van der Waals surface area (Å²) in [6.45, 7) is 0. The molecule has 0 atom stereocenters. The highest BCUT2D eigenvalue weighted by Gasteiger charge is 2.28. The van der Waals surface area contributed by atoms with Crippen molar-refractivity contribution in [2.45, 2.75) is 0 Å². The number of aromatic nitrogens is 2. The van der Waals surface area contributed by atoms with Gasteiger partial charge in [-0.05, 0) is 47.5 Å². The lowest BCUT2D eigenvalue weighted by atomic mass is 9.91. The third-order valence-corrected chi connectivity index (χ3v) is 6.41. The predicted octanol–water partition coefficient (Wildman–Crippen LogP) is 4.54. The van der Waals surface area contributed by atoms with E-state index in [1.165, 1.54) is 24.3 Å². The number of hydrogen-bond acceptors (Lipinski definition) is 9. The van der Waals surface area contributed by atoms with E-state index in [1.807, 2.05) is 0 Å².